The van der Waals surface area contributed by atoms with E-state index in [1.165, 1.54) is 12.5 Å². The molecule has 1 rings (SSSR count). The minimum atomic E-state index is -1.25. The smallest absolute Gasteiger partial charge is 0.326 e. The molecule has 15 heteroatoms. The van der Waals surface area contributed by atoms with Crippen LogP contribution < -0.4 is 33.2 Å². The van der Waals surface area contributed by atoms with Crippen molar-refractivity contribution in [2.24, 2.45) is 28.1 Å². The Morgan fingerprint density at radius 1 is 1.06 bits per heavy atom. The zero-order valence-corrected chi connectivity index (χ0v) is 20.4. The molecular formula is C21H37N9O6. The van der Waals surface area contributed by atoms with Crippen LogP contribution in [0, 0.1) is 5.92 Å². The fraction of sp³-hybridized carbons (Fsp3) is 0.619. The molecule has 3 amide bonds. The number of carbonyl (C=O) groups is 4. The number of carboxylic acids is 1. The third-order valence-corrected chi connectivity index (χ3v) is 5.05. The number of aromatic amines is 1. The molecule has 4 unspecified atom stereocenters. The summed E-state index contributed by atoms with van der Waals surface area (Å²) in [6.07, 6.45) is 3.46. The second-order valence-corrected chi connectivity index (χ2v) is 8.67. The van der Waals surface area contributed by atoms with Crippen LogP contribution in [0.25, 0.3) is 0 Å². The van der Waals surface area contributed by atoms with Gasteiger partial charge in [0.05, 0.1) is 12.9 Å². The van der Waals surface area contributed by atoms with Crippen LogP contribution in [-0.4, -0.2) is 87.2 Å². The molecule has 1 aromatic rings. The monoisotopic (exact) mass is 511 g/mol. The second kappa shape index (κ2) is 15.3. The lowest BCUT2D eigenvalue weighted by Gasteiger charge is -2.26. The topological polar surface area (TPSA) is 264 Å². The summed E-state index contributed by atoms with van der Waals surface area (Å²) in [4.78, 5) is 60.5. The molecule has 0 saturated carbocycles. The Balaban J connectivity index is 2.98. The lowest BCUT2D eigenvalue weighted by atomic mass is 10.0. The van der Waals surface area contributed by atoms with E-state index >= 15 is 0 Å². The number of aliphatic imine (C=N–C) groups is 1. The quantitative estimate of drug-likeness (QED) is 0.0613. The molecule has 4 atom stereocenters. The molecule has 1 aromatic heterocycles. The fourth-order valence-electron chi connectivity index (χ4n) is 3.20. The Morgan fingerprint density at radius 2 is 1.67 bits per heavy atom. The molecule has 202 valence electrons. The molecule has 15 nitrogen and oxygen atoms in total. The van der Waals surface area contributed by atoms with Crippen molar-refractivity contribution < 1.29 is 29.4 Å². The number of rotatable bonds is 16. The van der Waals surface area contributed by atoms with Crippen LogP contribution in [0.4, 0.5) is 0 Å². The molecular weight excluding hydrogens is 474 g/mol. The third-order valence-electron chi connectivity index (χ3n) is 5.05. The number of aliphatic carboxylic acids is 1. The summed E-state index contributed by atoms with van der Waals surface area (Å²) in [6.45, 7) is 3.24. The summed E-state index contributed by atoms with van der Waals surface area (Å²) in [5, 5.41) is 26.2. The Hall–Kier alpha value is -3.72. The van der Waals surface area contributed by atoms with Gasteiger partial charge in [-0.15, -0.1) is 0 Å². The van der Waals surface area contributed by atoms with Crippen molar-refractivity contribution in [1.29, 1.82) is 0 Å². The molecule has 0 radical (unpaired) electrons. The summed E-state index contributed by atoms with van der Waals surface area (Å²) in [7, 11) is 0. The van der Waals surface area contributed by atoms with E-state index in [0.29, 0.717) is 12.1 Å². The molecule has 0 aliphatic rings. The average Bonchev–Trinajstić information content (AvgIpc) is 3.31. The number of guanidine groups is 1. The van der Waals surface area contributed by atoms with Crippen LogP contribution in [0.1, 0.15) is 38.8 Å². The van der Waals surface area contributed by atoms with Gasteiger partial charge < -0.3 is 48.3 Å². The van der Waals surface area contributed by atoms with E-state index in [2.05, 4.69) is 30.9 Å². The fourth-order valence-corrected chi connectivity index (χ4v) is 3.20. The summed E-state index contributed by atoms with van der Waals surface area (Å²) < 4.78 is 0. The van der Waals surface area contributed by atoms with Crippen LogP contribution in [0.3, 0.4) is 0 Å². The number of nitrogens with zero attached hydrogens (tertiary/aromatic N) is 2. The van der Waals surface area contributed by atoms with E-state index in [-0.39, 0.29) is 37.7 Å². The molecule has 1 heterocycles. The Bertz CT molecular complexity index is 886. The maximum Gasteiger partial charge on any atom is 0.326 e. The number of H-pyrrole nitrogens is 1. The molecule has 0 spiro atoms. The first kappa shape index (κ1) is 30.3. The number of aromatic nitrogens is 2. The van der Waals surface area contributed by atoms with Gasteiger partial charge in [0.1, 0.15) is 24.2 Å². The predicted octanol–water partition coefficient (Wildman–Crippen LogP) is -3.09. The SMILES string of the molecule is CC(C)CC(NC(=O)C(Cc1cnc[nH]1)NC(=O)C(N)CO)C(=O)NC(CCCN=C(N)N)C(=O)O. The number of nitrogens with one attached hydrogen (secondary N) is 4. The number of aliphatic hydroxyl groups excluding tert-OH is 1. The summed E-state index contributed by atoms with van der Waals surface area (Å²) in [6, 6.07) is -4.69. The van der Waals surface area contributed by atoms with E-state index in [4.69, 9.17) is 22.3 Å². The minimum absolute atomic E-state index is 0.00822. The van der Waals surface area contributed by atoms with Crippen molar-refractivity contribution in [3.05, 3.63) is 18.2 Å². The Kier molecular flexibility index (Phi) is 12.9. The van der Waals surface area contributed by atoms with Crippen LogP contribution >= 0.6 is 0 Å². The van der Waals surface area contributed by atoms with Crippen molar-refractivity contribution in [3.8, 4) is 0 Å². The van der Waals surface area contributed by atoms with Gasteiger partial charge in [-0.05, 0) is 25.2 Å². The van der Waals surface area contributed by atoms with Crippen LogP contribution in [0.2, 0.25) is 0 Å². The second-order valence-electron chi connectivity index (χ2n) is 8.67. The molecule has 0 aliphatic heterocycles. The zero-order chi connectivity index (χ0) is 27.3. The minimum Gasteiger partial charge on any atom is -0.480 e. The number of carboxylic acid groups (broad SMARTS) is 1. The first-order valence-electron chi connectivity index (χ1n) is 11.5. The van der Waals surface area contributed by atoms with Gasteiger partial charge in [-0.3, -0.25) is 19.4 Å². The van der Waals surface area contributed by atoms with Crippen LogP contribution in [0.5, 0.6) is 0 Å². The summed E-state index contributed by atoms with van der Waals surface area (Å²) in [5.74, 6) is -3.54. The molecule has 0 fully saturated rings. The van der Waals surface area contributed by atoms with E-state index in [0.717, 1.165) is 0 Å². The van der Waals surface area contributed by atoms with Gasteiger partial charge in [-0.2, -0.15) is 0 Å². The highest BCUT2D eigenvalue weighted by Crippen LogP contribution is 2.08. The van der Waals surface area contributed by atoms with Gasteiger partial charge >= 0.3 is 5.97 Å². The average molecular weight is 512 g/mol. The van der Waals surface area contributed by atoms with Crippen molar-refractivity contribution in [2.75, 3.05) is 13.2 Å². The number of nitrogens with two attached hydrogens (primary N) is 3. The molecule has 36 heavy (non-hydrogen) atoms. The lowest BCUT2D eigenvalue weighted by Crippen LogP contribution is -2.58. The van der Waals surface area contributed by atoms with E-state index in [9.17, 15) is 24.3 Å². The third kappa shape index (κ3) is 11.1. The highest BCUT2D eigenvalue weighted by atomic mass is 16.4. The first-order valence-corrected chi connectivity index (χ1v) is 11.5. The summed E-state index contributed by atoms with van der Waals surface area (Å²) >= 11 is 0. The lowest BCUT2D eigenvalue weighted by molar-refractivity contribution is -0.142. The van der Waals surface area contributed by atoms with E-state index in [1.807, 2.05) is 13.8 Å². The predicted molar refractivity (Wildman–Crippen MR) is 130 cm³/mol. The Morgan fingerprint density at radius 3 is 2.19 bits per heavy atom. The largest absolute Gasteiger partial charge is 0.480 e. The van der Waals surface area contributed by atoms with Gasteiger partial charge in [0.2, 0.25) is 17.7 Å². The number of amides is 3. The highest BCUT2D eigenvalue weighted by Gasteiger charge is 2.31. The maximum absolute atomic E-state index is 13.1. The highest BCUT2D eigenvalue weighted by molar-refractivity contribution is 5.94. The van der Waals surface area contributed by atoms with Crippen LogP contribution in [0.15, 0.2) is 17.5 Å². The van der Waals surface area contributed by atoms with Gasteiger partial charge in [0.25, 0.3) is 0 Å². The van der Waals surface area contributed by atoms with E-state index < -0.39 is 54.5 Å². The molecule has 0 aromatic carbocycles. The standard InChI is InChI=1S/C21H37N9O6/c1-11(2)6-15(18(33)28-14(20(35)36)4-3-5-26-21(23)24)30-19(34)16(7-12-8-25-10-27-12)29-17(32)13(22)9-31/h8,10-11,13-16,31H,3-7,9,22H2,1-2H3,(H,25,27)(H,28,33)(H,29,32)(H,30,34)(H,35,36)(H4,23,24,26). The normalized spacial score (nSPS) is 14.2. The summed E-state index contributed by atoms with van der Waals surface area (Å²) in [5.41, 5.74) is 16.6. The van der Waals surface area contributed by atoms with Gasteiger partial charge in [-0.25, -0.2) is 9.78 Å². The molecule has 0 saturated heterocycles. The van der Waals surface area contributed by atoms with E-state index in [1.54, 1.807) is 0 Å². The molecule has 0 bridgehead atoms. The van der Waals surface area contributed by atoms with Crippen molar-refractivity contribution in [2.45, 2.75) is 63.7 Å². The Labute approximate surface area is 208 Å². The van der Waals surface area contributed by atoms with Crippen molar-refractivity contribution in [3.63, 3.8) is 0 Å². The zero-order valence-electron chi connectivity index (χ0n) is 20.4. The van der Waals surface area contributed by atoms with Gasteiger partial charge in [0, 0.05) is 24.9 Å². The van der Waals surface area contributed by atoms with Gasteiger partial charge in [-0.1, -0.05) is 13.8 Å². The number of aliphatic hydroxyl groups is 1. The first-order chi connectivity index (χ1) is 16.9. The maximum atomic E-state index is 13.1. The van der Waals surface area contributed by atoms with Crippen LogP contribution in [-0.2, 0) is 25.6 Å². The van der Waals surface area contributed by atoms with Crippen molar-refractivity contribution >= 4 is 29.7 Å². The number of carbonyl (C=O) groups excluding carboxylic acids is 3. The number of hydrogen-bond donors (Lipinski definition) is 9. The van der Waals surface area contributed by atoms with Crippen molar-refractivity contribution in [1.82, 2.24) is 25.9 Å². The molecule has 12 N–H and O–H groups in total. The van der Waals surface area contributed by atoms with Gasteiger partial charge in [0.15, 0.2) is 5.96 Å². The molecule has 0 aliphatic carbocycles. The number of imidazole rings is 1. The number of hydrogen-bond acceptors (Lipinski definition) is 8.